The highest BCUT2D eigenvalue weighted by atomic mass is 16.5. The van der Waals surface area contributed by atoms with Crippen LogP contribution in [0.4, 0.5) is 0 Å². The van der Waals surface area contributed by atoms with Gasteiger partial charge in [0.1, 0.15) is 6.29 Å². The van der Waals surface area contributed by atoms with Crippen molar-refractivity contribution in [3.63, 3.8) is 0 Å². The zero-order valence-electron chi connectivity index (χ0n) is 13.6. The zero-order valence-corrected chi connectivity index (χ0v) is 13.6. The van der Waals surface area contributed by atoms with E-state index in [1.54, 1.807) is 0 Å². The zero-order chi connectivity index (χ0) is 15.1. The van der Waals surface area contributed by atoms with Crippen LogP contribution in [0.3, 0.4) is 0 Å². The molecule has 2 bridgehead atoms. The number of aldehydes is 1. The van der Waals surface area contributed by atoms with Crippen molar-refractivity contribution in [2.24, 2.45) is 16.7 Å². The Morgan fingerprint density at radius 2 is 2.00 bits per heavy atom. The van der Waals surface area contributed by atoms with Crippen LogP contribution in [0.5, 0.6) is 0 Å². The fraction of sp³-hybridized carbons (Fsp3) is 0.944. The highest BCUT2D eigenvalue weighted by Crippen LogP contribution is 2.82. The van der Waals surface area contributed by atoms with E-state index in [1.807, 2.05) is 6.92 Å². The molecule has 0 aromatic carbocycles. The normalized spacial score (nSPS) is 61.0. The van der Waals surface area contributed by atoms with Crippen molar-refractivity contribution >= 4 is 6.29 Å². The van der Waals surface area contributed by atoms with Gasteiger partial charge in [-0.25, -0.2) is 0 Å². The highest BCUT2D eigenvalue weighted by Gasteiger charge is 2.86. The van der Waals surface area contributed by atoms with Gasteiger partial charge in [-0.3, -0.25) is 0 Å². The van der Waals surface area contributed by atoms with E-state index in [4.69, 9.17) is 4.74 Å². The molecule has 4 rings (SSSR count). The van der Waals surface area contributed by atoms with Gasteiger partial charge in [-0.05, 0) is 57.8 Å². The van der Waals surface area contributed by atoms with Crippen LogP contribution in [0.2, 0.25) is 0 Å². The van der Waals surface area contributed by atoms with Gasteiger partial charge in [0, 0.05) is 11.8 Å². The largest absolute Gasteiger partial charge is 0.390 e. The molecule has 1 N–H and O–H groups in total. The first-order chi connectivity index (χ1) is 9.87. The number of ether oxygens (including phenoxy) is 1. The lowest BCUT2D eigenvalue weighted by Crippen LogP contribution is -2.63. The summed E-state index contributed by atoms with van der Waals surface area (Å²) in [6, 6.07) is 0. The minimum atomic E-state index is -0.643. The number of carbonyl (C=O) groups excluding carboxylic acids is 1. The van der Waals surface area contributed by atoms with E-state index < -0.39 is 5.60 Å². The molecule has 2 unspecified atom stereocenters. The van der Waals surface area contributed by atoms with Crippen molar-refractivity contribution in [1.82, 2.24) is 0 Å². The SMILES string of the molecule is CCC12CCC(C)(O)C[C@@]13C[C@H]1CC[C@@]2(C=O)[C@@]1(CC)O3. The number of rotatable bonds is 3. The molecule has 0 radical (unpaired) electrons. The fourth-order valence-electron chi connectivity index (χ4n) is 7.46. The molecule has 4 fully saturated rings. The molecule has 2 aliphatic carbocycles. The molecule has 4 aliphatic rings. The van der Waals surface area contributed by atoms with Crippen LogP contribution in [0, 0.1) is 16.7 Å². The summed E-state index contributed by atoms with van der Waals surface area (Å²) in [5.74, 6) is 0.515. The molecule has 2 saturated carbocycles. The summed E-state index contributed by atoms with van der Waals surface area (Å²) in [5, 5.41) is 10.7. The average molecular weight is 292 g/mol. The minimum absolute atomic E-state index is 0.0486. The smallest absolute Gasteiger partial charge is 0.129 e. The first kappa shape index (κ1) is 14.2. The molecule has 118 valence electrons. The Balaban J connectivity index is 1.95. The van der Waals surface area contributed by atoms with Crippen molar-refractivity contribution in [2.75, 3.05) is 0 Å². The predicted octanol–water partition coefficient (Wildman–Crippen LogP) is 3.23. The van der Waals surface area contributed by atoms with E-state index >= 15 is 0 Å². The molecule has 0 aromatic heterocycles. The first-order valence-electron chi connectivity index (χ1n) is 8.75. The third-order valence-electron chi connectivity index (χ3n) is 8.07. The van der Waals surface area contributed by atoms with Gasteiger partial charge in [-0.15, -0.1) is 0 Å². The maximum Gasteiger partial charge on any atom is 0.129 e. The molecule has 2 saturated heterocycles. The Labute approximate surface area is 127 Å². The minimum Gasteiger partial charge on any atom is -0.390 e. The van der Waals surface area contributed by atoms with E-state index in [1.165, 1.54) is 6.29 Å². The molecule has 2 heterocycles. The van der Waals surface area contributed by atoms with Gasteiger partial charge >= 0.3 is 0 Å². The van der Waals surface area contributed by atoms with Crippen LogP contribution in [0.15, 0.2) is 0 Å². The standard InChI is InChI=1S/C18H28O3/c1-4-15-9-8-14(3,20)11-17(15)10-13-6-7-16(15,12-19)18(13,5-2)21-17/h12-13,20H,4-11H2,1-3H3/t13-,14?,15?,16+,17+,18+/m1/s1. The number of hydrogen-bond acceptors (Lipinski definition) is 3. The van der Waals surface area contributed by atoms with Gasteiger partial charge in [0.25, 0.3) is 0 Å². The number of fused-ring (bicyclic) bond motifs is 1. The third kappa shape index (κ3) is 1.18. The van der Waals surface area contributed by atoms with Crippen LogP contribution in [0.1, 0.15) is 72.1 Å². The van der Waals surface area contributed by atoms with Crippen LogP contribution in [-0.4, -0.2) is 28.2 Å². The first-order valence-corrected chi connectivity index (χ1v) is 8.75. The highest BCUT2D eigenvalue weighted by molar-refractivity contribution is 5.68. The maximum atomic E-state index is 12.4. The summed E-state index contributed by atoms with van der Waals surface area (Å²) < 4.78 is 6.82. The third-order valence-corrected chi connectivity index (χ3v) is 8.07. The summed E-state index contributed by atoms with van der Waals surface area (Å²) in [6.07, 6.45) is 8.82. The lowest BCUT2D eigenvalue weighted by Gasteiger charge is -2.58. The molecule has 0 aromatic rings. The van der Waals surface area contributed by atoms with Gasteiger partial charge in [0.15, 0.2) is 0 Å². The fourth-order valence-corrected chi connectivity index (χ4v) is 7.46. The van der Waals surface area contributed by atoms with Crippen molar-refractivity contribution in [3.05, 3.63) is 0 Å². The maximum absolute atomic E-state index is 12.4. The van der Waals surface area contributed by atoms with Gasteiger partial charge in [-0.1, -0.05) is 13.8 Å². The predicted molar refractivity (Wildman–Crippen MR) is 79.9 cm³/mol. The molecule has 0 amide bonds. The lowest BCUT2D eigenvalue weighted by atomic mass is 9.43. The Morgan fingerprint density at radius 1 is 1.24 bits per heavy atom. The Bertz CT molecular complexity index is 501. The summed E-state index contributed by atoms with van der Waals surface area (Å²) in [7, 11) is 0. The summed E-state index contributed by atoms with van der Waals surface area (Å²) >= 11 is 0. The monoisotopic (exact) mass is 292 g/mol. The van der Waals surface area contributed by atoms with Crippen LogP contribution < -0.4 is 0 Å². The van der Waals surface area contributed by atoms with Crippen LogP contribution in [-0.2, 0) is 9.53 Å². The van der Waals surface area contributed by atoms with Gasteiger partial charge in [0.2, 0.25) is 0 Å². The second-order valence-corrected chi connectivity index (χ2v) is 8.48. The molecule has 21 heavy (non-hydrogen) atoms. The number of aliphatic hydroxyl groups is 1. The Morgan fingerprint density at radius 3 is 2.62 bits per heavy atom. The van der Waals surface area contributed by atoms with Crippen molar-refractivity contribution in [2.45, 2.75) is 88.9 Å². The summed E-state index contributed by atoms with van der Waals surface area (Å²) in [4.78, 5) is 12.4. The van der Waals surface area contributed by atoms with E-state index in [0.717, 1.165) is 44.9 Å². The van der Waals surface area contributed by atoms with Crippen molar-refractivity contribution in [1.29, 1.82) is 0 Å². The lowest BCUT2D eigenvalue weighted by molar-refractivity contribution is -0.163. The second-order valence-electron chi connectivity index (χ2n) is 8.48. The van der Waals surface area contributed by atoms with Crippen LogP contribution in [0.25, 0.3) is 0 Å². The Kier molecular flexibility index (Phi) is 2.52. The summed E-state index contributed by atoms with van der Waals surface area (Å²) in [6.45, 7) is 6.37. The molecular weight excluding hydrogens is 264 g/mol. The van der Waals surface area contributed by atoms with Gasteiger partial charge in [-0.2, -0.15) is 0 Å². The van der Waals surface area contributed by atoms with E-state index in [0.29, 0.717) is 12.3 Å². The van der Waals surface area contributed by atoms with Gasteiger partial charge in [0.05, 0.1) is 22.2 Å². The van der Waals surface area contributed by atoms with Crippen molar-refractivity contribution < 1.29 is 14.6 Å². The topological polar surface area (TPSA) is 46.5 Å². The molecule has 1 spiro atoms. The van der Waals surface area contributed by atoms with Crippen molar-refractivity contribution in [3.8, 4) is 0 Å². The molecule has 3 heteroatoms. The molecule has 6 atom stereocenters. The quantitative estimate of drug-likeness (QED) is 0.812. The Hall–Kier alpha value is -0.410. The van der Waals surface area contributed by atoms with E-state index in [9.17, 15) is 9.90 Å². The molecular formula is C18H28O3. The molecule has 3 nitrogen and oxygen atoms in total. The van der Waals surface area contributed by atoms with Crippen LogP contribution >= 0.6 is 0 Å². The second kappa shape index (κ2) is 3.73. The van der Waals surface area contributed by atoms with Gasteiger partial charge < -0.3 is 14.6 Å². The number of carbonyl (C=O) groups is 1. The summed E-state index contributed by atoms with van der Waals surface area (Å²) in [5.41, 5.74) is -1.50. The number of hydrogen-bond donors (Lipinski definition) is 1. The van der Waals surface area contributed by atoms with E-state index in [2.05, 4.69) is 13.8 Å². The molecule has 2 aliphatic heterocycles. The average Bonchev–Trinajstić information content (AvgIpc) is 2.94. The van der Waals surface area contributed by atoms with E-state index in [-0.39, 0.29) is 22.0 Å².